The van der Waals surface area contributed by atoms with Gasteiger partial charge in [0.25, 0.3) is 5.91 Å². The molecule has 2 aromatic rings. The smallest absolute Gasteiger partial charge is 0.257 e. The summed E-state index contributed by atoms with van der Waals surface area (Å²) in [5, 5.41) is 2.80. The van der Waals surface area contributed by atoms with Gasteiger partial charge in [0.1, 0.15) is 12.0 Å². The fourth-order valence-electron chi connectivity index (χ4n) is 2.00. The van der Waals surface area contributed by atoms with Crippen LogP contribution in [0, 0.1) is 0 Å². The van der Waals surface area contributed by atoms with E-state index in [-0.39, 0.29) is 18.2 Å². The second-order valence-corrected chi connectivity index (χ2v) is 4.92. The number of rotatable bonds is 8. The van der Waals surface area contributed by atoms with E-state index in [1.165, 1.54) is 12.5 Å². The third-order valence-corrected chi connectivity index (χ3v) is 3.16. The van der Waals surface area contributed by atoms with Crippen LogP contribution >= 0.6 is 0 Å². The second-order valence-electron chi connectivity index (χ2n) is 4.92. The van der Waals surface area contributed by atoms with Crippen LogP contribution in [0.15, 0.2) is 45.8 Å². The zero-order valence-electron chi connectivity index (χ0n) is 12.6. The van der Waals surface area contributed by atoms with Crippen molar-refractivity contribution in [3.05, 3.63) is 48.3 Å². The lowest BCUT2D eigenvalue weighted by Crippen LogP contribution is -2.34. The molecule has 0 unspecified atom stereocenters. The maximum Gasteiger partial charge on any atom is 0.257 e. The van der Waals surface area contributed by atoms with Crippen molar-refractivity contribution in [3.8, 4) is 0 Å². The van der Waals surface area contributed by atoms with Crippen molar-refractivity contribution in [1.82, 2.24) is 10.2 Å². The Morgan fingerprint density at radius 3 is 2.77 bits per heavy atom. The van der Waals surface area contributed by atoms with Gasteiger partial charge >= 0.3 is 0 Å². The molecule has 0 atom stereocenters. The number of hydrogen-bond acceptors (Lipinski definition) is 4. The molecule has 0 radical (unpaired) electrons. The Kier molecular flexibility index (Phi) is 5.82. The standard InChI is InChI=1S/C16H20N2O4/c1-2-7-17-15(19)5-8-18(11-14-4-3-9-22-14)16(20)13-6-10-21-12-13/h3-4,6,9-10,12H,2,5,7-8,11H2,1H3,(H,17,19). The van der Waals surface area contributed by atoms with Crippen molar-refractivity contribution in [2.75, 3.05) is 13.1 Å². The summed E-state index contributed by atoms with van der Waals surface area (Å²) in [6.45, 7) is 3.27. The maximum absolute atomic E-state index is 12.5. The van der Waals surface area contributed by atoms with Gasteiger partial charge in [0.2, 0.25) is 5.91 Å². The molecule has 0 aromatic carbocycles. The van der Waals surface area contributed by atoms with Gasteiger partial charge in [-0.05, 0) is 24.6 Å². The highest BCUT2D eigenvalue weighted by molar-refractivity contribution is 5.94. The van der Waals surface area contributed by atoms with Crippen molar-refractivity contribution in [3.63, 3.8) is 0 Å². The lowest BCUT2D eigenvalue weighted by atomic mass is 10.2. The fourth-order valence-corrected chi connectivity index (χ4v) is 2.00. The molecule has 0 bridgehead atoms. The molecular formula is C16H20N2O4. The summed E-state index contributed by atoms with van der Waals surface area (Å²) in [6.07, 6.45) is 5.55. The average Bonchev–Trinajstić information content (AvgIpc) is 3.21. The SMILES string of the molecule is CCCNC(=O)CCN(Cc1ccco1)C(=O)c1ccoc1. The molecule has 1 N–H and O–H groups in total. The van der Waals surface area contributed by atoms with Crippen LogP contribution in [-0.4, -0.2) is 29.8 Å². The minimum absolute atomic E-state index is 0.0636. The number of nitrogens with zero attached hydrogens (tertiary/aromatic N) is 1. The van der Waals surface area contributed by atoms with Crippen LogP contribution in [0.4, 0.5) is 0 Å². The van der Waals surface area contributed by atoms with E-state index in [1.807, 2.05) is 6.92 Å². The van der Waals surface area contributed by atoms with E-state index in [2.05, 4.69) is 5.32 Å². The molecule has 0 aliphatic heterocycles. The molecule has 0 aliphatic rings. The normalized spacial score (nSPS) is 10.4. The van der Waals surface area contributed by atoms with Gasteiger partial charge < -0.3 is 19.1 Å². The van der Waals surface area contributed by atoms with E-state index in [1.54, 1.807) is 29.4 Å². The Bertz CT molecular complexity index is 575. The molecule has 2 aromatic heterocycles. The van der Waals surface area contributed by atoms with Crippen molar-refractivity contribution < 1.29 is 18.4 Å². The molecule has 118 valence electrons. The van der Waals surface area contributed by atoms with Gasteiger partial charge in [-0.15, -0.1) is 0 Å². The molecule has 2 rings (SSSR count). The Morgan fingerprint density at radius 2 is 2.14 bits per heavy atom. The van der Waals surface area contributed by atoms with E-state index in [4.69, 9.17) is 8.83 Å². The van der Waals surface area contributed by atoms with Crippen LogP contribution in [0.3, 0.4) is 0 Å². The number of furan rings is 2. The number of carbonyl (C=O) groups is 2. The first-order chi connectivity index (χ1) is 10.7. The van der Waals surface area contributed by atoms with E-state index in [0.29, 0.717) is 31.0 Å². The molecule has 0 spiro atoms. The zero-order valence-corrected chi connectivity index (χ0v) is 12.6. The minimum atomic E-state index is -0.187. The van der Waals surface area contributed by atoms with Crippen molar-refractivity contribution >= 4 is 11.8 Å². The largest absolute Gasteiger partial charge is 0.472 e. The molecule has 0 fully saturated rings. The van der Waals surface area contributed by atoms with Crippen molar-refractivity contribution in [2.45, 2.75) is 26.3 Å². The Morgan fingerprint density at radius 1 is 1.27 bits per heavy atom. The first kappa shape index (κ1) is 15.9. The van der Waals surface area contributed by atoms with Crippen molar-refractivity contribution in [2.24, 2.45) is 0 Å². The molecule has 0 aliphatic carbocycles. The first-order valence-corrected chi connectivity index (χ1v) is 7.31. The van der Waals surface area contributed by atoms with E-state index < -0.39 is 0 Å². The lowest BCUT2D eigenvalue weighted by molar-refractivity contribution is -0.121. The average molecular weight is 304 g/mol. The number of nitrogens with one attached hydrogen (secondary N) is 1. The Labute approximate surface area is 129 Å². The molecule has 0 saturated carbocycles. The molecule has 6 nitrogen and oxygen atoms in total. The van der Waals surface area contributed by atoms with Crippen LogP contribution in [0.25, 0.3) is 0 Å². The third-order valence-electron chi connectivity index (χ3n) is 3.16. The van der Waals surface area contributed by atoms with Crippen LogP contribution in [0.1, 0.15) is 35.9 Å². The number of carbonyl (C=O) groups excluding carboxylic acids is 2. The third kappa shape index (κ3) is 4.51. The second kappa shape index (κ2) is 8.07. The molecular weight excluding hydrogens is 284 g/mol. The highest BCUT2D eigenvalue weighted by atomic mass is 16.3. The fraction of sp³-hybridized carbons (Fsp3) is 0.375. The predicted octanol–water partition coefficient (Wildman–Crippen LogP) is 2.43. The summed E-state index contributed by atoms with van der Waals surface area (Å²) >= 11 is 0. The summed E-state index contributed by atoms with van der Waals surface area (Å²) in [5.41, 5.74) is 0.459. The van der Waals surface area contributed by atoms with Gasteiger partial charge in [-0.1, -0.05) is 6.92 Å². The predicted molar refractivity (Wildman–Crippen MR) is 80.1 cm³/mol. The highest BCUT2D eigenvalue weighted by Crippen LogP contribution is 2.11. The Balaban J connectivity index is 1.98. The minimum Gasteiger partial charge on any atom is -0.472 e. The van der Waals surface area contributed by atoms with Gasteiger partial charge in [-0.25, -0.2) is 0 Å². The first-order valence-electron chi connectivity index (χ1n) is 7.31. The topological polar surface area (TPSA) is 75.7 Å². The van der Waals surface area contributed by atoms with Gasteiger partial charge in [0.15, 0.2) is 0 Å². The quantitative estimate of drug-likeness (QED) is 0.812. The molecule has 2 amide bonds. The zero-order chi connectivity index (χ0) is 15.8. The summed E-state index contributed by atoms with van der Waals surface area (Å²) in [4.78, 5) is 25.8. The van der Waals surface area contributed by atoms with E-state index in [9.17, 15) is 9.59 Å². The van der Waals surface area contributed by atoms with Gasteiger partial charge in [0, 0.05) is 19.5 Å². The van der Waals surface area contributed by atoms with Crippen molar-refractivity contribution in [1.29, 1.82) is 0 Å². The number of amides is 2. The lowest BCUT2D eigenvalue weighted by Gasteiger charge is -2.20. The van der Waals surface area contributed by atoms with Crippen LogP contribution in [-0.2, 0) is 11.3 Å². The Hall–Kier alpha value is -2.50. The van der Waals surface area contributed by atoms with Crippen LogP contribution in [0.2, 0.25) is 0 Å². The molecule has 0 saturated heterocycles. The highest BCUT2D eigenvalue weighted by Gasteiger charge is 2.19. The van der Waals surface area contributed by atoms with Gasteiger partial charge in [0.05, 0.1) is 24.6 Å². The molecule has 22 heavy (non-hydrogen) atoms. The summed E-state index contributed by atoms with van der Waals surface area (Å²) in [5.74, 6) is 0.422. The summed E-state index contributed by atoms with van der Waals surface area (Å²) < 4.78 is 10.2. The number of hydrogen-bond donors (Lipinski definition) is 1. The molecule has 6 heteroatoms. The van der Waals surface area contributed by atoms with Crippen LogP contribution in [0.5, 0.6) is 0 Å². The van der Waals surface area contributed by atoms with Gasteiger partial charge in [-0.3, -0.25) is 9.59 Å². The maximum atomic E-state index is 12.5. The molecule has 2 heterocycles. The van der Waals surface area contributed by atoms with Crippen LogP contribution < -0.4 is 5.32 Å². The summed E-state index contributed by atoms with van der Waals surface area (Å²) in [7, 11) is 0. The van der Waals surface area contributed by atoms with E-state index in [0.717, 1.165) is 6.42 Å². The van der Waals surface area contributed by atoms with E-state index >= 15 is 0 Å². The van der Waals surface area contributed by atoms with Gasteiger partial charge in [-0.2, -0.15) is 0 Å². The summed E-state index contributed by atoms with van der Waals surface area (Å²) in [6, 6.07) is 5.17. The monoisotopic (exact) mass is 304 g/mol.